The number of allylic oxidation sites excluding steroid dienone is 2. The van der Waals surface area contributed by atoms with Crippen LogP contribution in [0.1, 0.15) is 45.4 Å². The lowest BCUT2D eigenvalue weighted by atomic mass is 9.70. The summed E-state index contributed by atoms with van der Waals surface area (Å²) in [6, 6.07) is 0. The molecule has 1 saturated carbocycles. The number of amides is 1. The normalized spacial score (nSPS) is 20.2. The van der Waals surface area contributed by atoms with Gasteiger partial charge in [0.1, 0.15) is 0 Å². The average Bonchev–Trinajstić information content (AvgIpc) is 2.00. The van der Waals surface area contributed by atoms with Crippen molar-refractivity contribution in [1.82, 2.24) is 0 Å². The van der Waals surface area contributed by atoms with Gasteiger partial charge in [0.15, 0.2) is 0 Å². The molecule has 1 fully saturated rings. The molecule has 1 aliphatic rings. The molecule has 0 unspecified atom stereocenters. The average molecular weight is 197 g/mol. The fourth-order valence-electron chi connectivity index (χ4n) is 1.80. The van der Waals surface area contributed by atoms with E-state index in [1.54, 1.807) is 0 Å². The molecule has 0 spiro atoms. The predicted octanol–water partition coefficient (Wildman–Crippen LogP) is 2.27. The molecule has 1 rings (SSSR count). The number of rotatable bonds is 5. The highest BCUT2D eigenvalue weighted by atomic mass is 16.3. The first-order chi connectivity index (χ1) is 6.52. The SMILES string of the molecule is CC1(/C=C(\O)CCCC(N)=O)CCC1. The molecule has 80 valence electrons. The lowest BCUT2D eigenvalue weighted by Gasteiger charge is -2.35. The first-order valence-electron chi connectivity index (χ1n) is 5.21. The van der Waals surface area contributed by atoms with Crippen LogP contribution in [0.5, 0.6) is 0 Å². The van der Waals surface area contributed by atoms with Crippen LogP contribution in [0.3, 0.4) is 0 Å². The third kappa shape index (κ3) is 3.40. The summed E-state index contributed by atoms with van der Waals surface area (Å²) in [5, 5.41) is 9.57. The van der Waals surface area contributed by atoms with E-state index in [1.165, 1.54) is 6.42 Å². The number of aliphatic hydroxyl groups is 1. The van der Waals surface area contributed by atoms with Crippen LogP contribution in [0.4, 0.5) is 0 Å². The van der Waals surface area contributed by atoms with Crippen molar-refractivity contribution in [2.75, 3.05) is 0 Å². The van der Waals surface area contributed by atoms with Gasteiger partial charge in [-0.25, -0.2) is 0 Å². The van der Waals surface area contributed by atoms with Crippen molar-refractivity contribution < 1.29 is 9.90 Å². The lowest BCUT2D eigenvalue weighted by Crippen LogP contribution is -2.23. The molecule has 1 aliphatic carbocycles. The first-order valence-corrected chi connectivity index (χ1v) is 5.21. The van der Waals surface area contributed by atoms with Gasteiger partial charge in [-0.2, -0.15) is 0 Å². The molecule has 0 aliphatic heterocycles. The van der Waals surface area contributed by atoms with Crippen molar-refractivity contribution in [2.45, 2.75) is 45.4 Å². The number of hydrogen-bond donors (Lipinski definition) is 2. The zero-order valence-corrected chi connectivity index (χ0v) is 8.75. The summed E-state index contributed by atoms with van der Waals surface area (Å²) >= 11 is 0. The molecule has 3 nitrogen and oxygen atoms in total. The zero-order valence-electron chi connectivity index (χ0n) is 8.75. The largest absolute Gasteiger partial charge is 0.513 e. The lowest BCUT2D eigenvalue weighted by molar-refractivity contribution is -0.118. The summed E-state index contributed by atoms with van der Waals surface area (Å²) in [5.74, 6) is 0.112. The zero-order chi connectivity index (χ0) is 10.6. The minimum absolute atomic E-state index is 0.205. The van der Waals surface area contributed by atoms with Crippen LogP contribution in [0, 0.1) is 5.41 Å². The number of primary amides is 1. The molecule has 0 aromatic carbocycles. The van der Waals surface area contributed by atoms with Gasteiger partial charge in [0, 0.05) is 12.8 Å². The van der Waals surface area contributed by atoms with E-state index in [2.05, 4.69) is 6.92 Å². The van der Waals surface area contributed by atoms with E-state index in [9.17, 15) is 9.90 Å². The second-order valence-electron chi connectivity index (χ2n) is 4.46. The van der Waals surface area contributed by atoms with E-state index in [0.29, 0.717) is 25.0 Å². The monoisotopic (exact) mass is 197 g/mol. The number of nitrogens with two attached hydrogens (primary N) is 1. The van der Waals surface area contributed by atoms with Crippen LogP contribution in [0.15, 0.2) is 11.8 Å². The number of hydrogen-bond acceptors (Lipinski definition) is 2. The molecule has 0 bridgehead atoms. The highest BCUT2D eigenvalue weighted by molar-refractivity contribution is 5.73. The van der Waals surface area contributed by atoms with E-state index < -0.39 is 0 Å². The van der Waals surface area contributed by atoms with Gasteiger partial charge in [0.05, 0.1) is 5.76 Å². The maximum Gasteiger partial charge on any atom is 0.217 e. The third-order valence-electron chi connectivity index (χ3n) is 2.87. The summed E-state index contributed by atoms with van der Waals surface area (Å²) < 4.78 is 0. The standard InChI is InChI=1S/C11H19NO2/c1-11(6-3-7-11)8-9(13)4-2-5-10(12)14/h8,13H,2-7H2,1H3,(H2,12,14)/b9-8-. The molecular weight excluding hydrogens is 178 g/mol. The Morgan fingerprint density at radius 3 is 2.57 bits per heavy atom. The van der Waals surface area contributed by atoms with E-state index in [0.717, 1.165) is 12.8 Å². The van der Waals surface area contributed by atoms with Crippen molar-refractivity contribution >= 4 is 5.91 Å². The second kappa shape index (κ2) is 4.49. The molecule has 3 N–H and O–H groups in total. The van der Waals surface area contributed by atoms with Crippen LogP contribution in [0.2, 0.25) is 0 Å². The Kier molecular flexibility index (Phi) is 3.55. The fourth-order valence-corrected chi connectivity index (χ4v) is 1.80. The quantitative estimate of drug-likeness (QED) is 0.664. The van der Waals surface area contributed by atoms with Crippen LogP contribution in [-0.2, 0) is 4.79 Å². The summed E-state index contributed by atoms with van der Waals surface area (Å²) in [7, 11) is 0. The molecule has 0 heterocycles. The summed E-state index contributed by atoms with van der Waals surface area (Å²) in [6.45, 7) is 2.15. The molecule has 0 aromatic rings. The Hall–Kier alpha value is -0.990. The molecule has 0 aromatic heterocycles. The van der Waals surface area contributed by atoms with Gasteiger partial charge < -0.3 is 10.8 Å². The van der Waals surface area contributed by atoms with Gasteiger partial charge in [-0.15, -0.1) is 0 Å². The minimum atomic E-state index is -0.298. The highest BCUT2D eigenvalue weighted by Gasteiger charge is 2.29. The Morgan fingerprint density at radius 2 is 2.14 bits per heavy atom. The van der Waals surface area contributed by atoms with Gasteiger partial charge in [-0.3, -0.25) is 4.79 Å². The molecular formula is C11H19NO2. The molecule has 0 atom stereocenters. The van der Waals surface area contributed by atoms with E-state index in [4.69, 9.17) is 5.73 Å². The van der Waals surface area contributed by atoms with Crippen molar-refractivity contribution in [3.05, 3.63) is 11.8 Å². The van der Waals surface area contributed by atoms with E-state index in [-0.39, 0.29) is 11.3 Å². The van der Waals surface area contributed by atoms with Crippen molar-refractivity contribution in [1.29, 1.82) is 0 Å². The van der Waals surface area contributed by atoms with Crippen molar-refractivity contribution in [3.8, 4) is 0 Å². The van der Waals surface area contributed by atoms with Gasteiger partial charge >= 0.3 is 0 Å². The minimum Gasteiger partial charge on any atom is -0.513 e. The predicted molar refractivity (Wildman–Crippen MR) is 55.7 cm³/mol. The number of carbonyl (C=O) groups excluding carboxylic acids is 1. The highest BCUT2D eigenvalue weighted by Crippen LogP contribution is 2.42. The number of aliphatic hydroxyl groups excluding tert-OH is 1. The third-order valence-corrected chi connectivity index (χ3v) is 2.87. The van der Waals surface area contributed by atoms with Crippen molar-refractivity contribution in [3.63, 3.8) is 0 Å². The molecule has 14 heavy (non-hydrogen) atoms. The maximum atomic E-state index is 10.5. The van der Waals surface area contributed by atoms with Gasteiger partial charge in [-0.1, -0.05) is 13.3 Å². The van der Waals surface area contributed by atoms with Crippen LogP contribution < -0.4 is 5.73 Å². The van der Waals surface area contributed by atoms with Crippen LogP contribution in [-0.4, -0.2) is 11.0 Å². The maximum absolute atomic E-state index is 10.5. The Bertz CT molecular complexity index is 242. The van der Waals surface area contributed by atoms with E-state index >= 15 is 0 Å². The van der Waals surface area contributed by atoms with Gasteiger partial charge in [0.25, 0.3) is 0 Å². The Balaban J connectivity index is 2.26. The molecule has 3 heteroatoms. The summed E-state index contributed by atoms with van der Waals surface area (Å²) in [6.07, 6.45) is 7.08. The second-order valence-corrected chi connectivity index (χ2v) is 4.46. The van der Waals surface area contributed by atoms with E-state index in [1.807, 2.05) is 6.08 Å². The smallest absolute Gasteiger partial charge is 0.217 e. The Labute approximate surface area is 85.0 Å². The topological polar surface area (TPSA) is 63.3 Å². The van der Waals surface area contributed by atoms with Crippen LogP contribution in [0.25, 0.3) is 0 Å². The summed E-state index contributed by atoms with van der Waals surface area (Å²) in [5.41, 5.74) is 5.21. The van der Waals surface area contributed by atoms with Gasteiger partial charge in [0.2, 0.25) is 5.91 Å². The molecule has 0 saturated heterocycles. The molecule has 0 radical (unpaired) electrons. The van der Waals surface area contributed by atoms with Gasteiger partial charge in [-0.05, 0) is 30.8 Å². The summed E-state index contributed by atoms with van der Waals surface area (Å²) in [4.78, 5) is 10.5. The molecule has 1 amide bonds. The van der Waals surface area contributed by atoms with Crippen molar-refractivity contribution in [2.24, 2.45) is 11.1 Å². The Morgan fingerprint density at radius 1 is 1.50 bits per heavy atom. The first kappa shape index (κ1) is 11.1. The van der Waals surface area contributed by atoms with Crippen LogP contribution >= 0.6 is 0 Å². The number of carbonyl (C=O) groups is 1. The fraction of sp³-hybridized carbons (Fsp3) is 0.727.